The van der Waals surface area contributed by atoms with Crippen molar-refractivity contribution in [3.05, 3.63) is 45.2 Å². The first-order valence-corrected chi connectivity index (χ1v) is 12.0. The number of fused-ring (bicyclic) bond motifs is 1. The molecule has 0 saturated carbocycles. The highest BCUT2D eigenvalue weighted by molar-refractivity contribution is 8.26. The van der Waals surface area contributed by atoms with Crippen LogP contribution in [0.2, 0.25) is 0 Å². The Hall–Kier alpha value is -2.19. The number of thiocarbonyl (C=S) groups is 1. The van der Waals surface area contributed by atoms with E-state index in [2.05, 4.69) is 32.6 Å². The molecule has 0 aliphatic carbocycles. The van der Waals surface area contributed by atoms with E-state index >= 15 is 0 Å². The van der Waals surface area contributed by atoms with Crippen molar-refractivity contribution in [2.24, 2.45) is 17.8 Å². The maximum absolute atomic E-state index is 13.5. The highest BCUT2D eigenvalue weighted by Gasteiger charge is 2.33. The summed E-state index contributed by atoms with van der Waals surface area (Å²) >= 11 is 6.71. The van der Waals surface area contributed by atoms with Crippen LogP contribution in [-0.4, -0.2) is 44.1 Å². The average molecular weight is 457 g/mol. The Balaban J connectivity index is 1.84. The van der Waals surface area contributed by atoms with E-state index in [1.54, 1.807) is 21.6 Å². The smallest absolute Gasteiger partial charge is 0.267 e. The van der Waals surface area contributed by atoms with Crippen molar-refractivity contribution in [3.63, 3.8) is 0 Å². The van der Waals surface area contributed by atoms with Crippen LogP contribution >= 0.6 is 24.0 Å². The zero-order chi connectivity index (χ0) is 22.3. The molecule has 2 atom stereocenters. The van der Waals surface area contributed by atoms with Gasteiger partial charge in [-0.3, -0.25) is 18.9 Å². The van der Waals surface area contributed by atoms with Crippen LogP contribution in [0.1, 0.15) is 39.7 Å². The van der Waals surface area contributed by atoms with Crippen molar-refractivity contribution in [2.75, 3.05) is 24.5 Å². The summed E-state index contributed by atoms with van der Waals surface area (Å²) in [4.78, 5) is 35.7. The Labute approximate surface area is 192 Å². The predicted octanol–water partition coefficient (Wildman–Crippen LogP) is 4.03. The molecule has 2 aromatic heterocycles. The molecule has 0 unspecified atom stereocenters. The van der Waals surface area contributed by atoms with E-state index in [1.165, 1.54) is 11.8 Å². The van der Waals surface area contributed by atoms with Gasteiger partial charge in [0.1, 0.15) is 15.8 Å². The molecule has 6 nitrogen and oxygen atoms in total. The Morgan fingerprint density at radius 3 is 2.61 bits per heavy atom. The van der Waals surface area contributed by atoms with Gasteiger partial charge in [-0.05, 0) is 42.4 Å². The van der Waals surface area contributed by atoms with E-state index in [9.17, 15) is 9.59 Å². The quantitative estimate of drug-likeness (QED) is 0.511. The molecule has 8 heteroatoms. The van der Waals surface area contributed by atoms with Crippen LogP contribution in [-0.2, 0) is 4.79 Å². The molecule has 0 aromatic carbocycles. The second-order valence-electron chi connectivity index (χ2n) is 9.12. The molecule has 0 spiro atoms. The number of carbonyl (C=O) groups excluding carboxylic acids is 1. The van der Waals surface area contributed by atoms with E-state index in [4.69, 9.17) is 17.2 Å². The molecule has 0 N–H and O–H groups in total. The number of anilines is 1. The van der Waals surface area contributed by atoms with Gasteiger partial charge in [-0.15, -0.1) is 0 Å². The first-order valence-electron chi connectivity index (χ1n) is 10.8. The third kappa shape index (κ3) is 4.41. The molecule has 1 amide bonds. The maximum Gasteiger partial charge on any atom is 0.267 e. The lowest BCUT2D eigenvalue weighted by Crippen LogP contribution is -2.40. The summed E-state index contributed by atoms with van der Waals surface area (Å²) in [5, 5.41) is 0. The molecule has 164 valence electrons. The number of piperidine rings is 1. The van der Waals surface area contributed by atoms with Crippen molar-refractivity contribution >= 4 is 51.7 Å². The van der Waals surface area contributed by atoms with Gasteiger partial charge in [0.05, 0.1) is 10.5 Å². The summed E-state index contributed by atoms with van der Waals surface area (Å²) in [5.74, 6) is 1.85. The zero-order valence-corrected chi connectivity index (χ0v) is 20.0. The Bertz CT molecular complexity index is 1110. The Morgan fingerprint density at radius 2 is 1.94 bits per heavy atom. The summed E-state index contributed by atoms with van der Waals surface area (Å²) < 4.78 is 2.08. The Kier molecular flexibility index (Phi) is 6.21. The fourth-order valence-electron chi connectivity index (χ4n) is 4.45. The summed E-state index contributed by atoms with van der Waals surface area (Å²) in [6.45, 7) is 10.8. The van der Waals surface area contributed by atoms with Gasteiger partial charge >= 0.3 is 0 Å². The van der Waals surface area contributed by atoms with Gasteiger partial charge in [0.2, 0.25) is 0 Å². The van der Waals surface area contributed by atoms with Gasteiger partial charge < -0.3 is 4.90 Å². The van der Waals surface area contributed by atoms with Crippen molar-refractivity contribution in [1.82, 2.24) is 14.3 Å². The molecule has 2 aromatic rings. The predicted molar refractivity (Wildman–Crippen MR) is 131 cm³/mol. The van der Waals surface area contributed by atoms with Crippen LogP contribution in [0, 0.1) is 17.8 Å². The number of carbonyl (C=O) groups is 1. The summed E-state index contributed by atoms with van der Waals surface area (Å²) in [5.41, 5.74) is 0.897. The molecule has 31 heavy (non-hydrogen) atoms. The molecular formula is C23H28N4O2S2. The summed E-state index contributed by atoms with van der Waals surface area (Å²) in [6, 6.07) is 5.53. The van der Waals surface area contributed by atoms with E-state index in [0.29, 0.717) is 50.6 Å². The third-order valence-electron chi connectivity index (χ3n) is 5.61. The number of thioether (sulfide) groups is 1. The number of pyridine rings is 1. The lowest BCUT2D eigenvalue weighted by atomic mass is 9.91. The fraction of sp³-hybridized carbons (Fsp3) is 0.478. The molecule has 4 heterocycles. The highest BCUT2D eigenvalue weighted by atomic mass is 32.2. The van der Waals surface area contributed by atoms with Crippen LogP contribution in [0.4, 0.5) is 5.82 Å². The van der Waals surface area contributed by atoms with Crippen LogP contribution in [0.15, 0.2) is 34.1 Å². The fourth-order valence-corrected chi connectivity index (χ4v) is 5.70. The van der Waals surface area contributed by atoms with Crippen molar-refractivity contribution in [2.45, 2.75) is 34.1 Å². The number of amides is 1. The lowest BCUT2D eigenvalue weighted by Gasteiger charge is -2.36. The SMILES string of the molecule is CC(C)CN1C(=O)/C(=C/c2c(N3C[C@@H](C)C[C@H](C)C3)nc3ccccn3c2=O)SC1=S. The minimum Gasteiger partial charge on any atom is -0.355 e. The van der Waals surface area contributed by atoms with E-state index in [0.717, 1.165) is 19.5 Å². The van der Waals surface area contributed by atoms with Crippen LogP contribution in [0.3, 0.4) is 0 Å². The topological polar surface area (TPSA) is 57.9 Å². The molecule has 2 aliphatic heterocycles. The molecule has 2 saturated heterocycles. The summed E-state index contributed by atoms with van der Waals surface area (Å²) in [6.07, 6.45) is 4.58. The van der Waals surface area contributed by atoms with Gasteiger partial charge in [0.15, 0.2) is 0 Å². The normalized spacial score (nSPS) is 23.6. The zero-order valence-electron chi connectivity index (χ0n) is 18.4. The second-order valence-corrected chi connectivity index (χ2v) is 10.8. The van der Waals surface area contributed by atoms with Crippen molar-refractivity contribution < 1.29 is 4.79 Å². The monoisotopic (exact) mass is 456 g/mol. The van der Waals surface area contributed by atoms with Gasteiger partial charge in [0, 0.05) is 25.8 Å². The number of nitrogens with zero attached hydrogens (tertiary/aromatic N) is 4. The van der Waals surface area contributed by atoms with Crippen molar-refractivity contribution in [1.29, 1.82) is 0 Å². The van der Waals surface area contributed by atoms with Crippen LogP contribution in [0.25, 0.3) is 11.7 Å². The maximum atomic E-state index is 13.5. The largest absolute Gasteiger partial charge is 0.355 e. The lowest BCUT2D eigenvalue weighted by molar-refractivity contribution is -0.122. The van der Waals surface area contributed by atoms with Gasteiger partial charge in [-0.2, -0.15) is 0 Å². The molecule has 2 aliphatic rings. The highest BCUT2D eigenvalue weighted by Crippen LogP contribution is 2.35. The van der Waals surface area contributed by atoms with Gasteiger partial charge in [-0.25, -0.2) is 4.98 Å². The average Bonchev–Trinajstić information content (AvgIpc) is 2.96. The van der Waals surface area contributed by atoms with Gasteiger partial charge in [-0.1, -0.05) is 57.7 Å². The third-order valence-corrected chi connectivity index (χ3v) is 6.99. The van der Waals surface area contributed by atoms with Crippen LogP contribution < -0.4 is 10.5 Å². The number of rotatable bonds is 4. The molecule has 4 rings (SSSR count). The molecular weight excluding hydrogens is 428 g/mol. The molecule has 2 fully saturated rings. The minimum atomic E-state index is -0.166. The van der Waals surface area contributed by atoms with E-state index in [-0.39, 0.29) is 11.5 Å². The second kappa shape index (κ2) is 8.74. The molecule has 0 radical (unpaired) electrons. The van der Waals surface area contributed by atoms with Crippen molar-refractivity contribution in [3.8, 4) is 0 Å². The molecule has 0 bridgehead atoms. The van der Waals surface area contributed by atoms with E-state index < -0.39 is 0 Å². The number of hydrogen-bond donors (Lipinski definition) is 0. The first kappa shape index (κ1) is 22.0. The number of aromatic nitrogens is 2. The van der Waals surface area contributed by atoms with Crippen LogP contribution in [0.5, 0.6) is 0 Å². The standard InChI is InChI=1S/C23H28N4O2S2/c1-14(2)11-27-22(29)18(31-23(27)30)10-17-20(25-12-15(3)9-16(4)13-25)24-19-7-5-6-8-26(19)21(17)28/h5-8,10,14-16H,9,11-13H2,1-4H3/b18-10-/t15-,16-/m0/s1. The first-order chi connectivity index (χ1) is 14.7. The Morgan fingerprint density at radius 1 is 1.23 bits per heavy atom. The minimum absolute atomic E-state index is 0.132. The van der Waals surface area contributed by atoms with E-state index in [1.807, 2.05) is 18.2 Å². The van der Waals surface area contributed by atoms with Gasteiger partial charge in [0.25, 0.3) is 11.5 Å². The number of hydrogen-bond acceptors (Lipinski definition) is 6. The summed E-state index contributed by atoms with van der Waals surface area (Å²) in [7, 11) is 0.